The Hall–Kier alpha value is -0.650. The van der Waals surface area contributed by atoms with E-state index in [0.29, 0.717) is 39.3 Å². The minimum absolute atomic E-state index is 0.0204. The van der Waals surface area contributed by atoms with Gasteiger partial charge in [-0.15, -0.1) is 0 Å². The van der Waals surface area contributed by atoms with Gasteiger partial charge >= 0.3 is 0 Å². The Morgan fingerprint density at radius 2 is 1.86 bits per heavy atom. The van der Waals surface area contributed by atoms with Crippen LogP contribution in [-0.2, 0) is 14.3 Å². The van der Waals surface area contributed by atoms with E-state index in [2.05, 4.69) is 19.2 Å². The molecule has 0 saturated carbocycles. The summed E-state index contributed by atoms with van der Waals surface area (Å²) in [5.41, 5.74) is 5.61. The molecule has 0 spiro atoms. The van der Waals surface area contributed by atoms with E-state index in [1.807, 2.05) is 27.7 Å². The van der Waals surface area contributed by atoms with Crippen LogP contribution in [0.1, 0.15) is 54.4 Å². The van der Waals surface area contributed by atoms with Crippen LogP contribution in [0.2, 0.25) is 0 Å². The molecule has 5 heteroatoms. The third kappa shape index (κ3) is 10.1. The highest BCUT2D eigenvalue weighted by molar-refractivity contribution is 5.76. The molecule has 0 aliphatic heterocycles. The van der Waals surface area contributed by atoms with Crippen molar-refractivity contribution in [3.63, 3.8) is 0 Å². The topological polar surface area (TPSA) is 73.6 Å². The average molecular weight is 316 g/mol. The number of carbonyl (C=O) groups excluding carboxylic acids is 1. The number of ether oxygens (including phenoxy) is 2. The summed E-state index contributed by atoms with van der Waals surface area (Å²) in [4.78, 5) is 11.9. The van der Waals surface area contributed by atoms with E-state index in [-0.39, 0.29) is 22.8 Å². The molecule has 0 heterocycles. The first kappa shape index (κ1) is 21.4. The Bertz CT molecular complexity index is 313. The first-order valence-electron chi connectivity index (χ1n) is 8.30. The third-order valence-corrected chi connectivity index (χ3v) is 3.80. The standard InChI is InChI=1S/C17H36N2O3/c1-7-17(6,11-18)13-21-12-16(4,5)10-15(20)19-8-9-22-14(2)3/h14H,7-13,18H2,1-6H3,(H,19,20). The van der Waals surface area contributed by atoms with Crippen LogP contribution >= 0.6 is 0 Å². The van der Waals surface area contributed by atoms with Crippen molar-refractivity contribution in [3.05, 3.63) is 0 Å². The van der Waals surface area contributed by atoms with E-state index in [4.69, 9.17) is 15.2 Å². The normalized spacial score (nSPS) is 14.9. The van der Waals surface area contributed by atoms with Gasteiger partial charge < -0.3 is 20.5 Å². The molecule has 22 heavy (non-hydrogen) atoms. The Kier molecular flexibility index (Phi) is 9.89. The molecule has 3 N–H and O–H groups in total. The van der Waals surface area contributed by atoms with Crippen LogP contribution in [-0.4, -0.2) is 44.9 Å². The van der Waals surface area contributed by atoms with Crippen LogP contribution in [0.4, 0.5) is 0 Å². The van der Waals surface area contributed by atoms with Crippen LogP contribution in [0, 0.1) is 10.8 Å². The summed E-state index contributed by atoms with van der Waals surface area (Å²) in [5.74, 6) is 0.0398. The van der Waals surface area contributed by atoms with Gasteiger partial charge in [-0.25, -0.2) is 0 Å². The molecule has 0 aromatic carbocycles. The zero-order valence-electron chi connectivity index (χ0n) is 15.3. The Morgan fingerprint density at radius 1 is 1.23 bits per heavy atom. The van der Waals surface area contributed by atoms with Gasteiger partial charge in [-0.3, -0.25) is 4.79 Å². The number of nitrogens with two attached hydrogens (primary N) is 1. The van der Waals surface area contributed by atoms with Gasteiger partial charge in [-0.2, -0.15) is 0 Å². The van der Waals surface area contributed by atoms with Crippen LogP contribution in [0.3, 0.4) is 0 Å². The van der Waals surface area contributed by atoms with E-state index in [1.54, 1.807) is 0 Å². The molecule has 0 aliphatic carbocycles. The molecular weight excluding hydrogens is 280 g/mol. The molecule has 0 aromatic heterocycles. The van der Waals surface area contributed by atoms with Crippen LogP contribution in [0.15, 0.2) is 0 Å². The van der Waals surface area contributed by atoms with E-state index >= 15 is 0 Å². The van der Waals surface area contributed by atoms with Crippen molar-refractivity contribution in [3.8, 4) is 0 Å². The maximum atomic E-state index is 11.9. The minimum atomic E-state index is -0.188. The van der Waals surface area contributed by atoms with Crippen molar-refractivity contribution < 1.29 is 14.3 Å². The smallest absolute Gasteiger partial charge is 0.220 e. The Balaban J connectivity index is 4.00. The molecule has 1 atom stereocenters. The molecule has 1 unspecified atom stereocenters. The average Bonchev–Trinajstić information content (AvgIpc) is 2.42. The summed E-state index contributed by atoms with van der Waals surface area (Å²) in [5, 5.41) is 2.88. The lowest BCUT2D eigenvalue weighted by atomic mass is 9.88. The second-order valence-electron chi connectivity index (χ2n) is 7.47. The van der Waals surface area contributed by atoms with Crippen molar-refractivity contribution in [1.29, 1.82) is 0 Å². The molecule has 0 aromatic rings. The van der Waals surface area contributed by atoms with Gasteiger partial charge in [0, 0.05) is 18.4 Å². The van der Waals surface area contributed by atoms with Crippen LogP contribution in [0.5, 0.6) is 0 Å². The lowest BCUT2D eigenvalue weighted by molar-refractivity contribution is -0.124. The van der Waals surface area contributed by atoms with E-state index < -0.39 is 0 Å². The van der Waals surface area contributed by atoms with Gasteiger partial charge in [-0.05, 0) is 32.2 Å². The molecule has 0 aliphatic rings. The number of rotatable bonds is 12. The van der Waals surface area contributed by atoms with Gasteiger partial charge in [-0.1, -0.05) is 27.7 Å². The number of nitrogens with one attached hydrogen (secondary N) is 1. The largest absolute Gasteiger partial charge is 0.380 e. The summed E-state index contributed by atoms with van der Waals surface area (Å²) in [7, 11) is 0. The molecule has 0 saturated heterocycles. The van der Waals surface area contributed by atoms with Crippen LogP contribution < -0.4 is 11.1 Å². The Labute approximate surface area is 136 Å². The quantitative estimate of drug-likeness (QED) is 0.542. The van der Waals surface area contributed by atoms with Crippen molar-refractivity contribution in [2.45, 2.75) is 60.5 Å². The molecule has 5 nitrogen and oxygen atoms in total. The number of carbonyl (C=O) groups is 1. The van der Waals surface area contributed by atoms with Crippen molar-refractivity contribution in [2.75, 3.05) is 32.9 Å². The lowest BCUT2D eigenvalue weighted by Gasteiger charge is -2.29. The summed E-state index contributed by atoms with van der Waals surface area (Å²) in [6, 6.07) is 0. The van der Waals surface area contributed by atoms with Crippen molar-refractivity contribution in [1.82, 2.24) is 5.32 Å². The molecule has 0 bridgehead atoms. The van der Waals surface area contributed by atoms with Crippen molar-refractivity contribution in [2.24, 2.45) is 16.6 Å². The van der Waals surface area contributed by atoms with Gasteiger partial charge in [0.2, 0.25) is 5.91 Å². The van der Waals surface area contributed by atoms with Gasteiger partial charge in [0.25, 0.3) is 0 Å². The maximum Gasteiger partial charge on any atom is 0.220 e. The monoisotopic (exact) mass is 316 g/mol. The number of hydrogen-bond acceptors (Lipinski definition) is 4. The molecule has 0 radical (unpaired) electrons. The fourth-order valence-corrected chi connectivity index (χ4v) is 1.91. The fourth-order valence-electron chi connectivity index (χ4n) is 1.91. The molecule has 132 valence electrons. The van der Waals surface area contributed by atoms with Gasteiger partial charge in [0.05, 0.1) is 25.9 Å². The maximum absolute atomic E-state index is 11.9. The second-order valence-corrected chi connectivity index (χ2v) is 7.47. The summed E-state index contributed by atoms with van der Waals surface area (Å²) < 4.78 is 11.2. The van der Waals surface area contributed by atoms with E-state index in [1.165, 1.54) is 0 Å². The fraction of sp³-hybridized carbons (Fsp3) is 0.941. The summed E-state index contributed by atoms with van der Waals surface area (Å²) in [6.07, 6.45) is 1.62. The lowest BCUT2D eigenvalue weighted by Crippen LogP contribution is -2.36. The van der Waals surface area contributed by atoms with Gasteiger partial charge in [0.15, 0.2) is 0 Å². The second kappa shape index (κ2) is 10.2. The number of hydrogen-bond donors (Lipinski definition) is 2. The predicted octanol–water partition coefficient (Wildman–Crippen LogP) is 2.34. The van der Waals surface area contributed by atoms with E-state index in [0.717, 1.165) is 6.42 Å². The molecule has 1 amide bonds. The molecular formula is C17H36N2O3. The van der Waals surface area contributed by atoms with Crippen molar-refractivity contribution >= 4 is 5.91 Å². The zero-order valence-corrected chi connectivity index (χ0v) is 15.3. The van der Waals surface area contributed by atoms with Crippen LogP contribution in [0.25, 0.3) is 0 Å². The van der Waals surface area contributed by atoms with E-state index in [9.17, 15) is 4.79 Å². The van der Waals surface area contributed by atoms with Gasteiger partial charge in [0.1, 0.15) is 0 Å². The third-order valence-electron chi connectivity index (χ3n) is 3.80. The number of amides is 1. The summed E-state index contributed by atoms with van der Waals surface area (Å²) in [6.45, 7) is 15.2. The molecule has 0 rings (SSSR count). The highest BCUT2D eigenvalue weighted by atomic mass is 16.5. The highest BCUT2D eigenvalue weighted by Gasteiger charge is 2.25. The molecule has 0 fully saturated rings. The minimum Gasteiger partial charge on any atom is -0.380 e. The zero-order chi connectivity index (χ0) is 17.2. The highest BCUT2D eigenvalue weighted by Crippen LogP contribution is 2.24. The first-order chi connectivity index (χ1) is 10.1. The predicted molar refractivity (Wildman–Crippen MR) is 90.8 cm³/mol. The Morgan fingerprint density at radius 3 is 2.36 bits per heavy atom. The SMILES string of the molecule is CCC(C)(CN)COCC(C)(C)CC(=O)NCCOC(C)C. The summed E-state index contributed by atoms with van der Waals surface area (Å²) >= 11 is 0. The first-order valence-corrected chi connectivity index (χ1v) is 8.30.